The van der Waals surface area contributed by atoms with Crippen molar-refractivity contribution in [3.05, 3.63) is 65.9 Å². The number of esters is 1. The van der Waals surface area contributed by atoms with Gasteiger partial charge >= 0.3 is 12.0 Å². The molecule has 2 N–H and O–H groups in total. The minimum atomic E-state index is -0.368. The molecule has 0 atom stereocenters. The van der Waals surface area contributed by atoms with Gasteiger partial charge in [-0.1, -0.05) is 30.3 Å². The lowest BCUT2D eigenvalue weighted by Crippen LogP contribution is -2.31. The van der Waals surface area contributed by atoms with Crippen LogP contribution < -0.4 is 19.8 Å². The molecule has 10 nitrogen and oxygen atoms in total. The molecule has 190 valence electrons. The normalized spacial score (nSPS) is 13.7. The van der Waals surface area contributed by atoms with Gasteiger partial charge in [-0.25, -0.2) is 5.43 Å². The molecule has 0 aliphatic carbocycles. The number of carbonyl (C=O) groups excluding carboxylic acids is 1. The molecule has 0 bridgehead atoms. The van der Waals surface area contributed by atoms with Crippen LogP contribution >= 0.6 is 0 Å². The van der Waals surface area contributed by atoms with E-state index >= 15 is 0 Å². The molecule has 4 aromatic rings. The molecular formula is C27H29N7O3. The van der Waals surface area contributed by atoms with E-state index in [2.05, 4.69) is 47.5 Å². The molecule has 37 heavy (non-hydrogen) atoms. The minimum absolute atomic E-state index is 0.266. The van der Waals surface area contributed by atoms with Crippen molar-refractivity contribution in [2.45, 2.75) is 32.6 Å². The summed E-state index contributed by atoms with van der Waals surface area (Å²) in [5.74, 6) is 0.998. The Morgan fingerprint density at radius 3 is 2.76 bits per heavy atom. The Hall–Kier alpha value is -4.47. The number of piperidine rings is 1. The molecule has 1 aliphatic heterocycles. The quantitative estimate of drug-likeness (QED) is 0.151. The summed E-state index contributed by atoms with van der Waals surface area (Å²) in [6, 6.07) is 15.8. The summed E-state index contributed by atoms with van der Waals surface area (Å²) in [6.07, 6.45) is 7.66. The lowest BCUT2D eigenvalue weighted by molar-refractivity contribution is -0.131. The molecule has 2 aromatic carbocycles. The molecule has 10 heteroatoms. The second-order valence-electron chi connectivity index (χ2n) is 8.79. The first kappa shape index (κ1) is 24.2. The van der Waals surface area contributed by atoms with E-state index in [4.69, 9.17) is 9.47 Å². The molecule has 1 fully saturated rings. The Morgan fingerprint density at radius 1 is 1.11 bits per heavy atom. The van der Waals surface area contributed by atoms with Crippen molar-refractivity contribution < 1.29 is 14.3 Å². The number of rotatable bonds is 9. The zero-order valence-electron chi connectivity index (χ0n) is 20.7. The third-order valence-electron chi connectivity index (χ3n) is 6.02. The molecular weight excluding hydrogens is 470 g/mol. The molecule has 0 unspecified atom stereocenters. The van der Waals surface area contributed by atoms with Gasteiger partial charge in [0.1, 0.15) is 5.75 Å². The topological polar surface area (TPSA) is 118 Å². The van der Waals surface area contributed by atoms with Crippen LogP contribution in [0.2, 0.25) is 0 Å². The number of H-pyrrole nitrogens is 1. The van der Waals surface area contributed by atoms with Gasteiger partial charge in [-0.05, 0) is 43.0 Å². The van der Waals surface area contributed by atoms with Crippen molar-refractivity contribution in [2.75, 3.05) is 30.0 Å². The van der Waals surface area contributed by atoms with Gasteiger partial charge < -0.3 is 19.4 Å². The molecule has 0 spiro atoms. The molecule has 1 saturated heterocycles. The van der Waals surface area contributed by atoms with Gasteiger partial charge in [-0.3, -0.25) is 4.79 Å². The molecule has 0 radical (unpaired) electrons. The Balaban J connectivity index is 1.32. The first-order valence-corrected chi connectivity index (χ1v) is 12.4. The highest BCUT2D eigenvalue weighted by molar-refractivity contribution is 5.99. The maximum Gasteiger partial charge on any atom is 0.323 e. The highest BCUT2D eigenvalue weighted by Gasteiger charge is 2.17. The number of benzene rings is 2. The van der Waals surface area contributed by atoms with Gasteiger partial charge in [0, 0.05) is 49.1 Å². The summed E-state index contributed by atoms with van der Waals surface area (Å²) in [6.45, 7) is 3.63. The number of aromatic amines is 1. The van der Waals surface area contributed by atoms with E-state index in [9.17, 15) is 4.79 Å². The van der Waals surface area contributed by atoms with E-state index < -0.39 is 0 Å². The largest absolute Gasteiger partial charge is 0.463 e. The first-order valence-electron chi connectivity index (χ1n) is 12.4. The number of ether oxygens (including phenoxy) is 2. The van der Waals surface area contributed by atoms with E-state index in [1.165, 1.54) is 18.9 Å². The maximum atomic E-state index is 11.3. The number of nitrogens with zero attached hydrogens (tertiary/aromatic N) is 5. The molecule has 0 amide bonds. The van der Waals surface area contributed by atoms with E-state index in [1.807, 2.05) is 30.5 Å². The second kappa shape index (κ2) is 11.5. The van der Waals surface area contributed by atoms with Crippen molar-refractivity contribution in [3.8, 4) is 11.8 Å². The number of carbonyl (C=O) groups is 1. The van der Waals surface area contributed by atoms with Gasteiger partial charge in [-0.15, -0.1) is 0 Å². The number of aromatic nitrogens is 4. The SMILES string of the molecule is CC(=O)Oc1ccc2[nH]cc(/C=N/Nc3nc(OCCc4ccccc4)nc(N4CCCCC4)n3)c2c1. The van der Waals surface area contributed by atoms with Gasteiger partial charge in [0.25, 0.3) is 5.95 Å². The van der Waals surface area contributed by atoms with Crippen molar-refractivity contribution in [3.63, 3.8) is 0 Å². The van der Waals surface area contributed by atoms with Crippen LogP contribution in [0.1, 0.15) is 37.3 Å². The van der Waals surface area contributed by atoms with E-state index in [1.54, 1.807) is 18.3 Å². The van der Waals surface area contributed by atoms with Crippen LogP contribution in [-0.2, 0) is 11.2 Å². The van der Waals surface area contributed by atoms with E-state index in [0.717, 1.165) is 48.8 Å². The van der Waals surface area contributed by atoms with Crippen LogP contribution in [0.4, 0.5) is 11.9 Å². The summed E-state index contributed by atoms with van der Waals surface area (Å²) in [5.41, 5.74) is 5.83. The third kappa shape index (κ3) is 6.40. The Bertz CT molecular complexity index is 1380. The monoisotopic (exact) mass is 499 g/mol. The molecule has 0 saturated carbocycles. The van der Waals surface area contributed by atoms with Gasteiger partial charge in [0.15, 0.2) is 0 Å². The molecule has 1 aliphatic rings. The summed E-state index contributed by atoms with van der Waals surface area (Å²) in [5, 5.41) is 5.22. The predicted octanol–water partition coefficient (Wildman–Crippen LogP) is 4.34. The number of hydrogen-bond acceptors (Lipinski definition) is 9. The zero-order chi connectivity index (χ0) is 25.5. The number of anilines is 2. The van der Waals surface area contributed by atoms with Crippen LogP contribution in [0, 0.1) is 0 Å². The number of nitrogens with one attached hydrogen (secondary N) is 2. The van der Waals surface area contributed by atoms with E-state index in [0.29, 0.717) is 24.3 Å². The first-order chi connectivity index (χ1) is 18.1. The smallest absolute Gasteiger partial charge is 0.323 e. The standard InChI is InChI=1S/C27H29N7O3/c1-19(35)37-22-10-11-24-23(16-22)21(17-28-24)18-29-33-25-30-26(34-13-6-3-7-14-34)32-27(31-25)36-15-12-20-8-4-2-5-9-20/h2,4-5,8-11,16-18,28H,3,6-7,12-15H2,1H3,(H,30,31,32,33)/b29-18+. The Labute approximate surface area is 214 Å². The highest BCUT2D eigenvalue weighted by atomic mass is 16.5. The lowest BCUT2D eigenvalue weighted by Gasteiger charge is -2.26. The van der Waals surface area contributed by atoms with Crippen LogP contribution in [0.15, 0.2) is 59.8 Å². The van der Waals surface area contributed by atoms with Crippen molar-refractivity contribution in [1.82, 2.24) is 19.9 Å². The van der Waals surface area contributed by atoms with Crippen molar-refractivity contribution in [1.29, 1.82) is 0 Å². The third-order valence-corrected chi connectivity index (χ3v) is 6.02. The number of hydrazone groups is 1. The fourth-order valence-corrected chi connectivity index (χ4v) is 4.22. The van der Waals surface area contributed by atoms with Gasteiger partial charge in [0.2, 0.25) is 5.95 Å². The number of fused-ring (bicyclic) bond motifs is 1. The van der Waals surface area contributed by atoms with E-state index in [-0.39, 0.29) is 12.0 Å². The van der Waals surface area contributed by atoms with Crippen LogP contribution in [0.25, 0.3) is 10.9 Å². The number of hydrogen-bond donors (Lipinski definition) is 2. The summed E-state index contributed by atoms with van der Waals surface area (Å²) < 4.78 is 11.1. The van der Waals surface area contributed by atoms with Crippen LogP contribution in [-0.4, -0.2) is 51.8 Å². The fraction of sp³-hybridized carbons (Fsp3) is 0.296. The Kier molecular flexibility index (Phi) is 7.54. The summed E-state index contributed by atoms with van der Waals surface area (Å²) in [4.78, 5) is 30.2. The van der Waals surface area contributed by atoms with Gasteiger partial charge in [-0.2, -0.15) is 20.1 Å². The average molecular weight is 500 g/mol. The lowest BCUT2D eigenvalue weighted by atomic mass is 10.1. The summed E-state index contributed by atoms with van der Waals surface area (Å²) in [7, 11) is 0. The fourth-order valence-electron chi connectivity index (χ4n) is 4.22. The van der Waals surface area contributed by atoms with Crippen LogP contribution in [0.3, 0.4) is 0 Å². The molecule has 3 heterocycles. The second-order valence-corrected chi connectivity index (χ2v) is 8.79. The zero-order valence-corrected chi connectivity index (χ0v) is 20.7. The highest BCUT2D eigenvalue weighted by Crippen LogP contribution is 2.23. The molecule has 2 aromatic heterocycles. The average Bonchev–Trinajstić information content (AvgIpc) is 3.31. The Morgan fingerprint density at radius 2 is 1.95 bits per heavy atom. The minimum Gasteiger partial charge on any atom is -0.463 e. The van der Waals surface area contributed by atoms with Crippen molar-refractivity contribution >= 4 is 35.0 Å². The van der Waals surface area contributed by atoms with Crippen molar-refractivity contribution in [2.24, 2.45) is 5.10 Å². The van der Waals surface area contributed by atoms with Gasteiger partial charge in [0.05, 0.1) is 12.8 Å². The maximum absolute atomic E-state index is 11.3. The van der Waals surface area contributed by atoms with Crippen LogP contribution in [0.5, 0.6) is 11.8 Å². The summed E-state index contributed by atoms with van der Waals surface area (Å²) >= 11 is 0. The molecule has 5 rings (SSSR count). The predicted molar refractivity (Wildman–Crippen MR) is 142 cm³/mol.